The van der Waals surface area contributed by atoms with Crippen molar-refractivity contribution in [3.8, 4) is 0 Å². The number of rotatable bonds is 33. The molecule has 0 aliphatic heterocycles. The highest BCUT2D eigenvalue weighted by Crippen LogP contribution is 2.38. The van der Waals surface area contributed by atoms with E-state index in [-0.39, 0.29) is 23.7 Å². The number of hydrogen-bond acceptors (Lipinski definition) is 11. The van der Waals surface area contributed by atoms with Gasteiger partial charge in [0, 0.05) is 71.2 Å². The lowest BCUT2D eigenvalue weighted by molar-refractivity contribution is -0.138. The first-order chi connectivity index (χ1) is 21.1. The zero-order valence-corrected chi connectivity index (χ0v) is 28.0. The lowest BCUT2D eigenvalue weighted by Gasteiger charge is -2.39. The number of carbonyl (C=O) groups is 2. The molecule has 0 fully saturated rings. The van der Waals surface area contributed by atoms with Gasteiger partial charge >= 0.3 is 11.9 Å². The summed E-state index contributed by atoms with van der Waals surface area (Å²) in [6.07, 6.45) is 6.36. The largest absolute Gasteiger partial charge is 0.481 e. The van der Waals surface area contributed by atoms with Crippen LogP contribution in [0.5, 0.6) is 0 Å². The second-order valence-corrected chi connectivity index (χ2v) is 12.6. The number of nitrogens with two attached hydrogens (primary N) is 4. The van der Waals surface area contributed by atoms with Gasteiger partial charge < -0.3 is 59.3 Å². The lowest BCUT2D eigenvalue weighted by Crippen LogP contribution is -2.41. The summed E-state index contributed by atoms with van der Waals surface area (Å²) in [5.74, 6) is -1.57. The fourth-order valence-electron chi connectivity index (χ4n) is 5.96. The van der Waals surface area contributed by atoms with Crippen LogP contribution in [0.4, 0.5) is 0 Å². The molecule has 1 unspecified atom stereocenters. The normalized spacial score (nSPS) is 13.5. The molecule has 0 aromatic rings. The van der Waals surface area contributed by atoms with Gasteiger partial charge in [-0.1, -0.05) is 13.8 Å². The predicted octanol–water partition coefficient (Wildman–Crippen LogP) is -0.0670. The molecule has 0 heterocycles. The maximum atomic E-state index is 11.7. The summed E-state index contributed by atoms with van der Waals surface area (Å²) in [7, 11) is 0. The van der Waals surface area contributed by atoms with Crippen molar-refractivity contribution in [2.45, 2.75) is 84.1 Å². The first-order valence-electron chi connectivity index (χ1n) is 16.9. The third kappa shape index (κ3) is 22.1. The zero-order valence-electron chi connectivity index (χ0n) is 28.0. The molecule has 0 aromatic heterocycles. The van der Waals surface area contributed by atoms with Gasteiger partial charge in [0.1, 0.15) is 0 Å². The molecule has 1 atom stereocenters. The molecule has 0 radical (unpaired) electrons. The second-order valence-electron chi connectivity index (χ2n) is 12.6. The Hall–Kier alpha value is -1.42. The number of carboxylic acid groups (broad SMARTS) is 2. The van der Waals surface area contributed by atoms with Gasteiger partial charge in [0.25, 0.3) is 0 Å². The standard InChI is InChI=1S/C31H69N9O4/c1-27(2)39-23-26-40(24-11-30(7-13-32,8-14-33)5-3-28(41)42)25-12-31(6-4-29(43)44,9-17-36-19-15-34)10-18-37-21-22-38-20-16-35/h27,36-39H,3-26,32-35H2,1-2H3,(H,41,42)(H,43,44). The number of nitrogens with zero attached hydrogens (tertiary/aromatic N) is 1. The molecule has 13 heteroatoms. The fraction of sp³-hybridized carbons (Fsp3) is 0.935. The van der Waals surface area contributed by atoms with Crippen molar-refractivity contribution in [2.75, 3.05) is 91.6 Å². The highest BCUT2D eigenvalue weighted by atomic mass is 16.4. The molecule has 14 N–H and O–H groups in total. The summed E-state index contributed by atoms with van der Waals surface area (Å²) in [6, 6.07) is 0.370. The molecule has 0 rings (SSSR count). The van der Waals surface area contributed by atoms with Crippen LogP contribution in [0.1, 0.15) is 78.1 Å². The molecule has 262 valence electrons. The van der Waals surface area contributed by atoms with Gasteiger partial charge in [-0.05, 0) is 101 Å². The van der Waals surface area contributed by atoms with Gasteiger partial charge in [0.05, 0.1) is 0 Å². The third-order valence-electron chi connectivity index (χ3n) is 8.77. The molecule has 0 bridgehead atoms. The maximum Gasteiger partial charge on any atom is 0.303 e. The Kier molecular flexibility index (Phi) is 25.9. The van der Waals surface area contributed by atoms with Crippen molar-refractivity contribution >= 4 is 11.9 Å². The van der Waals surface area contributed by atoms with Crippen LogP contribution >= 0.6 is 0 Å². The first kappa shape index (κ1) is 42.6. The smallest absolute Gasteiger partial charge is 0.303 e. The molecule has 0 aromatic carbocycles. The topological polar surface area (TPSA) is 230 Å². The lowest BCUT2D eigenvalue weighted by atomic mass is 9.73. The fourth-order valence-corrected chi connectivity index (χ4v) is 5.96. The molecule has 44 heavy (non-hydrogen) atoms. The van der Waals surface area contributed by atoms with E-state index in [9.17, 15) is 19.8 Å². The monoisotopic (exact) mass is 632 g/mol. The van der Waals surface area contributed by atoms with E-state index in [4.69, 9.17) is 22.9 Å². The minimum atomic E-state index is -0.795. The summed E-state index contributed by atoms with van der Waals surface area (Å²) in [4.78, 5) is 25.7. The number of aliphatic carboxylic acids is 2. The van der Waals surface area contributed by atoms with Gasteiger partial charge in [0.2, 0.25) is 0 Å². The Bertz CT molecular complexity index is 712. The van der Waals surface area contributed by atoms with E-state index in [1.54, 1.807) is 0 Å². The Labute approximate surface area is 267 Å². The first-order valence-corrected chi connectivity index (χ1v) is 16.9. The van der Waals surface area contributed by atoms with Crippen LogP contribution in [0.25, 0.3) is 0 Å². The Morgan fingerprint density at radius 2 is 1.00 bits per heavy atom. The average Bonchev–Trinajstić information content (AvgIpc) is 2.97. The number of nitrogens with one attached hydrogen (secondary N) is 4. The Morgan fingerprint density at radius 3 is 1.41 bits per heavy atom. The van der Waals surface area contributed by atoms with Crippen molar-refractivity contribution in [1.82, 2.24) is 26.2 Å². The predicted molar refractivity (Wildman–Crippen MR) is 181 cm³/mol. The van der Waals surface area contributed by atoms with E-state index < -0.39 is 11.9 Å². The minimum absolute atomic E-state index is 0.109. The van der Waals surface area contributed by atoms with Crippen LogP contribution < -0.4 is 44.2 Å². The summed E-state index contributed by atoms with van der Waals surface area (Å²) in [5, 5.41) is 32.8. The van der Waals surface area contributed by atoms with Crippen molar-refractivity contribution in [3.63, 3.8) is 0 Å². The van der Waals surface area contributed by atoms with Crippen LogP contribution in [0.3, 0.4) is 0 Å². The van der Waals surface area contributed by atoms with Crippen molar-refractivity contribution in [1.29, 1.82) is 0 Å². The van der Waals surface area contributed by atoms with Crippen molar-refractivity contribution < 1.29 is 19.8 Å². The molecule has 0 amide bonds. The van der Waals surface area contributed by atoms with Crippen LogP contribution in [0, 0.1) is 10.8 Å². The quantitative estimate of drug-likeness (QED) is 0.0428. The molecule has 0 saturated heterocycles. The van der Waals surface area contributed by atoms with Gasteiger partial charge in [-0.15, -0.1) is 0 Å². The van der Waals surface area contributed by atoms with E-state index in [1.807, 2.05) is 0 Å². The van der Waals surface area contributed by atoms with Crippen LogP contribution in [0.15, 0.2) is 0 Å². The van der Waals surface area contributed by atoms with Gasteiger partial charge in [0.15, 0.2) is 0 Å². The minimum Gasteiger partial charge on any atom is -0.481 e. The average molecular weight is 632 g/mol. The highest BCUT2D eigenvalue weighted by Gasteiger charge is 2.32. The van der Waals surface area contributed by atoms with Crippen LogP contribution in [0.2, 0.25) is 0 Å². The second kappa shape index (κ2) is 26.8. The summed E-state index contributed by atoms with van der Waals surface area (Å²) < 4.78 is 0. The summed E-state index contributed by atoms with van der Waals surface area (Å²) in [5.41, 5.74) is 23.0. The van der Waals surface area contributed by atoms with E-state index in [1.165, 1.54) is 0 Å². The Balaban J connectivity index is 5.86. The summed E-state index contributed by atoms with van der Waals surface area (Å²) >= 11 is 0. The zero-order chi connectivity index (χ0) is 33.1. The Morgan fingerprint density at radius 1 is 0.568 bits per heavy atom. The van der Waals surface area contributed by atoms with E-state index in [2.05, 4.69) is 40.0 Å². The van der Waals surface area contributed by atoms with E-state index in [0.717, 1.165) is 104 Å². The number of hydrogen-bond donors (Lipinski definition) is 10. The van der Waals surface area contributed by atoms with Gasteiger partial charge in [-0.2, -0.15) is 0 Å². The van der Waals surface area contributed by atoms with Crippen LogP contribution in [-0.2, 0) is 9.59 Å². The highest BCUT2D eigenvalue weighted by molar-refractivity contribution is 5.67. The number of carboxylic acids is 2. The van der Waals surface area contributed by atoms with E-state index >= 15 is 0 Å². The molecular formula is C31H69N9O4. The molecule has 13 nitrogen and oxygen atoms in total. The SMILES string of the molecule is CC(C)NCCN(CCC(CCN)(CCN)CCC(=O)O)CCC(CCNCCN)(CCNCCNCCN)CCC(=O)O. The van der Waals surface area contributed by atoms with Crippen LogP contribution in [-0.4, -0.2) is 125 Å². The summed E-state index contributed by atoms with van der Waals surface area (Å²) in [6.45, 7) is 14.5. The van der Waals surface area contributed by atoms with Crippen molar-refractivity contribution in [2.24, 2.45) is 33.8 Å². The molecule has 0 saturated carbocycles. The third-order valence-corrected chi connectivity index (χ3v) is 8.77. The molecular weight excluding hydrogens is 562 g/mol. The van der Waals surface area contributed by atoms with E-state index in [0.29, 0.717) is 45.1 Å². The molecule has 0 aliphatic rings. The van der Waals surface area contributed by atoms with Gasteiger partial charge in [-0.3, -0.25) is 9.59 Å². The maximum absolute atomic E-state index is 11.7. The van der Waals surface area contributed by atoms with Gasteiger partial charge in [-0.25, -0.2) is 0 Å². The molecule has 0 aliphatic carbocycles. The van der Waals surface area contributed by atoms with Crippen molar-refractivity contribution in [3.05, 3.63) is 0 Å². The molecule has 0 spiro atoms.